The number of thioether (sulfide) groups is 1. The summed E-state index contributed by atoms with van der Waals surface area (Å²) in [6, 6.07) is -0.837. The molecule has 0 bridgehead atoms. The van der Waals surface area contributed by atoms with Crippen LogP contribution in [0.4, 0.5) is 4.79 Å². The quantitative estimate of drug-likeness (QED) is 0.562. The van der Waals surface area contributed by atoms with Gasteiger partial charge in [-0.1, -0.05) is 45.4 Å². The highest BCUT2D eigenvalue weighted by molar-refractivity contribution is 8.00. The van der Waals surface area contributed by atoms with E-state index in [-0.39, 0.29) is 5.92 Å². The van der Waals surface area contributed by atoms with E-state index in [4.69, 9.17) is 5.73 Å². The Morgan fingerprint density at radius 2 is 2.14 bits per heavy atom. The molecule has 118 valence electrons. The van der Waals surface area contributed by atoms with Crippen LogP contribution in [0.2, 0.25) is 0 Å². The Hall–Kier alpha value is -1.57. The van der Waals surface area contributed by atoms with E-state index >= 15 is 0 Å². The van der Waals surface area contributed by atoms with E-state index < -0.39 is 17.2 Å². The molecule has 1 aromatic heterocycles. The molecule has 0 aliphatic rings. The molecule has 3 N–H and O–H groups in total. The summed E-state index contributed by atoms with van der Waals surface area (Å²) in [6.07, 6.45) is 4.99. The number of unbranched alkanes of at least 4 members (excludes halogenated alkanes) is 2. The number of urea groups is 1. The molecule has 0 aliphatic carbocycles. The summed E-state index contributed by atoms with van der Waals surface area (Å²) in [4.78, 5) is 22.8. The maximum atomic E-state index is 12.0. The van der Waals surface area contributed by atoms with E-state index in [1.807, 2.05) is 18.4 Å². The minimum Gasteiger partial charge on any atom is -0.351 e. The summed E-state index contributed by atoms with van der Waals surface area (Å²) in [6.45, 7) is 6.79. The zero-order chi connectivity index (χ0) is 15.8. The Kier molecular flexibility index (Phi) is 7.21. The van der Waals surface area contributed by atoms with Gasteiger partial charge in [0.2, 0.25) is 5.91 Å². The molecule has 0 radical (unpaired) electrons. The summed E-state index contributed by atoms with van der Waals surface area (Å²) < 4.78 is 1.94. The first-order chi connectivity index (χ1) is 9.95. The Labute approximate surface area is 129 Å². The second-order valence-corrected chi connectivity index (χ2v) is 6.26. The molecule has 8 heteroatoms. The van der Waals surface area contributed by atoms with Crippen LogP contribution in [0.25, 0.3) is 0 Å². The third kappa shape index (κ3) is 5.74. The Balaban J connectivity index is 2.73. The lowest BCUT2D eigenvalue weighted by atomic mass is 10.1. The number of carbonyl (C=O) groups excluding carboxylic acids is 2. The normalized spacial score (nSPS) is 12.4. The van der Waals surface area contributed by atoms with Crippen LogP contribution < -0.4 is 11.1 Å². The topological polar surface area (TPSA) is 103 Å². The predicted molar refractivity (Wildman–Crippen MR) is 81.8 cm³/mol. The zero-order valence-corrected chi connectivity index (χ0v) is 13.5. The maximum Gasteiger partial charge on any atom is 0.318 e. The van der Waals surface area contributed by atoms with Crippen molar-refractivity contribution < 1.29 is 9.59 Å². The third-order valence-corrected chi connectivity index (χ3v) is 4.46. The van der Waals surface area contributed by atoms with Gasteiger partial charge in [0.05, 0.1) is 5.25 Å². The van der Waals surface area contributed by atoms with E-state index in [9.17, 15) is 9.59 Å². The van der Waals surface area contributed by atoms with E-state index in [2.05, 4.69) is 22.4 Å². The van der Waals surface area contributed by atoms with E-state index in [1.165, 1.54) is 11.8 Å². The Morgan fingerprint density at radius 1 is 1.43 bits per heavy atom. The van der Waals surface area contributed by atoms with E-state index in [0.29, 0.717) is 5.16 Å². The van der Waals surface area contributed by atoms with Gasteiger partial charge in [-0.25, -0.2) is 4.79 Å². The molecular formula is C13H23N5O2S. The molecule has 0 saturated carbocycles. The van der Waals surface area contributed by atoms with Crippen molar-refractivity contribution in [3.8, 4) is 0 Å². The lowest BCUT2D eigenvalue weighted by molar-refractivity contribution is -0.120. The molecule has 1 rings (SSSR count). The van der Waals surface area contributed by atoms with Gasteiger partial charge in [-0.15, -0.1) is 10.2 Å². The molecule has 0 aliphatic heterocycles. The van der Waals surface area contributed by atoms with Crippen LogP contribution in [-0.4, -0.2) is 32.0 Å². The molecular weight excluding hydrogens is 290 g/mol. The van der Waals surface area contributed by atoms with Gasteiger partial charge >= 0.3 is 6.03 Å². The van der Waals surface area contributed by atoms with Crippen molar-refractivity contribution in [2.45, 2.75) is 57.0 Å². The molecule has 0 spiro atoms. The number of hydrogen-bond acceptors (Lipinski definition) is 5. The van der Waals surface area contributed by atoms with Crippen molar-refractivity contribution in [3.05, 3.63) is 6.33 Å². The second kappa shape index (κ2) is 8.66. The third-order valence-electron chi connectivity index (χ3n) is 2.93. The fourth-order valence-electron chi connectivity index (χ4n) is 1.82. The Morgan fingerprint density at radius 3 is 2.71 bits per heavy atom. The maximum absolute atomic E-state index is 12.0. The van der Waals surface area contributed by atoms with Gasteiger partial charge in [0.15, 0.2) is 5.16 Å². The minimum atomic E-state index is -0.837. The standard InChI is InChI=1S/C13H23N5O2S/c1-4-5-6-7-18-8-15-17-13(18)21-10(9(2)3)11(19)16-12(14)20/h8-10H,4-7H2,1-3H3,(H3,14,16,19,20)/t10-/m1/s1. The van der Waals surface area contributed by atoms with Crippen LogP contribution in [-0.2, 0) is 11.3 Å². The number of amides is 3. The van der Waals surface area contributed by atoms with Gasteiger partial charge in [0.1, 0.15) is 6.33 Å². The lowest BCUT2D eigenvalue weighted by Crippen LogP contribution is -2.42. The number of rotatable bonds is 8. The van der Waals surface area contributed by atoms with Gasteiger partial charge in [0.25, 0.3) is 0 Å². The predicted octanol–water partition coefficient (Wildman–Crippen LogP) is 1.78. The molecule has 7 nitrogen and oxygen atoms in total. The van der Waals surface area contributed by atoms with Gasteiger partial charge in [-0.05, 0) is 12.3 Å². The Bertz CT molecular complexity index is 475. The molecule has 1 aromatic rings. The monoisotopic (exact) mass is 313 g/mol. The van der Waals surface area contributed by atoms with Crippen molar-refractivity contribution in [3.63, 3.8) is 0 Å². The second-order valence-electron chi connectivity index (χ2n) is 5.15. The fourth-order valence-corrected chi connectivity index (χ4v) is 2.85. The first kappa shape index (κ1) is 17.5. The number of hydrogen-bond donors (Lipinski definition) is 2. The van der Waals surface area contributed by atoms with Gasteiger partial charge in [-0.3, -0.25) is 10.1 Å². The number of aryl methyl sites for hydroxylation is 1. The average molecular weight is 313 g/mol. The van der Waals surface area contributed by atoms with Crippen LogP contribution in [0.15, 0.2) is 11.5 Å². The summed E-state index contributed by atoms with van der Waals surface area (Å²) >= 11 is 1.31. The van der Waals surface area contributed by atoms with Crippen molar-refractivity contribution in [2.24, 2.45) is 11.7 Å². The molecule has 0 fully saturated rings. The zero-order valence-electron chi connectivity index (χ0n) is 12.7. The summed E-state index contributed by atoms with van der Waals surface area (Å²) in [7, 11) is 0. The number of nitrogens with one attached hydrogen (secondary N) is 1. The highest BCUT2D eigenvalue weighted by Gasteiger charge is 2.26. The molecule has 0 aromatic carbocycles. The number of primary amides is 1. The minimum absolute atomic E-state index is 0.0372. The molecule has 3 amide bonds. The van der Waals surface area contributed by atoms with Crippen LogP contribution in [0.1, 0.15) is 40.0 Å². The number of aromatic nitrogens is 3. The van der Waals surface area contributed by atoms with Crippen molar-refractivity contribution >= 4 is 23.7 Å². The average Bonchev–Trinajstić information content (AvgIpc) is 2.82. The molecule has 21 heavy (non-hydrogen) atoms. The largest absolute Gasteiger partial charge is 0.351 e. The number of carbonyl (C=O) groups is 2. The van der Waals surface area contributed by atoms with Crippen molar-refractivity contribution in [2.75, 3.05) is 0 Å². The number of nitrogens with two attached hydrogens (primary N) is 1. The first-order valence-electron chi connectivity index (χ1n) is 7.10. The summed E-state index contributed by atoms with van der Waals surface area (Å²) in [5.74, 6) is -0.360. The highest BCUT2D eigenvalue weighted by Crippen LogP contribution is 2.27. The van der Waals surface area contributed by atoms with E-state index in [0.717, 1.165) is 25.8 Å². The van der Waals surface area contributed by atoms with Crippen LogP contribution in [0.5, 0.6) is 0 Å². The van der Waals surface area contributed by atoms with Crippen LogP contribution >= 0.6 is 11.8 Å². The number of imide groups is 1. The molecule has 1 atom stereocenters. The highest BCUT2D eigenvalue weighted by atomic mass is 32.2. The van der Waals surface area contributed by atoms with Crippen molar-refractivity contribution in [1.29, 1.82) is 0 Å². The lowest BCUT2D eigenvalue weighted by Gasteiger charge is -2.18. The first-order valence-corrected chi connectivity index (χ1v) is 7.98. The molecule has 0 unspecified atom stereocenters. The van der Waals surface area contributed by atoms with Crippen molar-refractivity contribution in [1.82, 2.24) is 20.1 Å². The number of nitrogens with zero attached hydrogens (tertiary/aromatic N) is 3. The van der Waals surface area contributed by atoms with Crippen LogP contribution in [0.3, 0.4) is 0 Å². The summed E-state index contributed by atoms with van der Waals surface area (Å²) in [5.41, 5.74) is 5.00. The van der Waals surface area contributed by atoms with Gasteiger partial charge in [0, 0.05) is 6.54 Å². The van der Waals surface area contributed by atoms with E-state index in [1.54, 1.807) is 6.33 Å². The van der Waals surface area contributed by atoms with Crippen LogP contribution in [0, 0.1) is 5.92 Å². The fraction of sp³-hybridized carbons (Fsp3) is 0.692. The SMILES string of the molecule is CCCCCn1cnnc1S[C@@H](C(=O)NC(N)=O)C(C)C. The summed E-state index contributed by atoms with van der Waals surface area (Å²) in [5, 5.41) is 10.3. The smallest absolute Gasteiger partial charge is 0.318 e. The van der Waals surface area contributed by atoms with Gasteiger partial charge in [-0.2, -0.15) is 0 Å². The molecule has 1 heterocycles. The molecule has 0 saturated heterocycles. The van der Waals surface area contributed by atoms with Gasteiger partial charge < -0.3 is 10.3 Å².